The standard InChI is InChI=1S/C21H27N3O4/c1-4-24(15-10-6-5-7-11-15)19(25)14(2)28-21(27)18-16-12-8-9-13-17(16)20(26)23(3)22-18/h8-9,12-15H,4-7,10-11H2,1-3H3/t14-/m0/s1. The van der Waals surface area contributed by atoms with Gasteiger partial charge in [-0.25, -0.2) is 9.48 Å². The molecule has 1 aromatic heterocycles. The summed E-state index contributed by atoms with van der Waals surface area (Å²) in [4.78, 5) is 39.7. The number of hydrogen-bond acceptors (Lipinski definition) is 5. The summed E-state index contributed by atoms with van der Waals surface area (Å²) in [5.74, 6) is -0.885. The number of likely N-dealkylation sites (N-methyl/N-ethyl adjacent to an activating group) is 1. The van der Waals surface area contributed by atoms with Crippen LogP contribution in [-0.4, -0.2) is 45.2 Å². The van der Waals surface area contributed by atoms with Crippen molar-refractivity contribution in [2.45, 2.75) is 58.1 Å². The van der Waals surface area contributed by atoms with Gasteiger partial charge in [-0.3, -0.25) is 9.59 Å². The van der Waals surface area contributed by atoms with Crippen molar-refractivity contribution in [1.82, 2.24) is 14.7 Å². The monoisotopic (exact) mass is 385 g/mol. The van der Waals surface area contributed by atoms with Gasteiger partial charge in [0.15, 0.2) is 11.8 Å². The SMILES string of the molecule is CCN(C(=O)[C@H](C)OC(=O)c1nn(C)c(=O)c2ccccc12)C1CCCCC1. The molecule has 7 nitrogen and oxygen atoms in total. The van der Waals surface area contributed by atoms with Gasteiger partial charge in [-0.05, 0) is 32.8 Å². The first-order valence-electron chi connectivity index (χ1n) is 9.91. The minimum atomic E-state index is -0.910. The van der Waals surface area contributed by atoms with E-state index in [-0.39, 0.29) is 23.2 Å². The van der Waals surface area contributed by atoms with E-state index in [1.165, 1.54) is 13.5 Å². The van der Waals surface area contributed by atoms with E-state index in [9.17, 15) is 14.4 Å². The molecule has 3 rings (SSSR count). The van der Waals surface area contributed by atoms with Crippen molar-refractivity contribution in [2.75, 3.05) is 6.54 Å². The molecule has 7 heteroatoms. The number of rotatable bonds is 5. The van der Waals surface area contributed by atoms with Gasteiger partial charge < -0.3 is 9.64 Å². The molecule has 1 aromatic carbocycles. The second kappa shape index (κ2) is 8.54. The van der Waals surface area contributed by atoms with E-state index in [2.05, 4.69) is 5.10 Å². The predicted octanol–water partition coefficient (Wildman–Crippen LogP) is 2.66. The molecule has 0 bridgehead atoms. The lowest BCUT2D eigenvalue weighted by molar-refractivity contribution is -0.142. The summed E-state index contributed by atoms with van der Waals surface area (Å²) < 4.78 is 6.58. The fraction of sp³-hybridized carbons (Fsp3) is 0.524. The number of benzene rings is 1. The van der Waals surface area contributed by atoms with Crippen LogP contribution in [-0.2, 0) is 16.6 Å². The number of aryl methyl sites for hydroxylation is 1. The lowest BCUT2D eigenvalue weighted by Gasteiger charge is -2.35. The lowest BCUT2D eigenvalue weighted by Crippen LogP contribution is -2.46. The highest BCUT2D eigenvalue weighted by atomic mass is 16.5. The molecule has 0 radical (unpaired) electrons. The van der Waals surface area contributed by atoms with E-state index in [0.29, 0.717) is 17.3 Å². The van der Waals surface area contributed by atoms with Crippen molar-refractivity contribution >= 4 is 22.6 Å². The topological polar surface area (TPSA) is 81.5 Å². The number of esters is 1. The second-order valence-corrected chi connectivity index (χ2v) is 7.29. The molecule has 0 unspecified atom stereocenters. The molecule has 0 aliphatic heterocycles. The van der Waals surface area contributed by atoms with Gasteiger partial charge in [0, 0.05) is 25.0 Å². The van der Waals surface area contributed by atoms with E-state index in [1.54, 1.807) is 31.2 Å². The zero-order valence-corrected chi connectivity index (χ0v) is 16.7. The van der Waals surface area contributed by atoms with Gasteiger partial charge in [0.2, 0.25) is 0 Å². The number of carbonyl (C=O) groups excluding carboxylic acids is 2. The number of hydrogen-bond donors (Lipinski definition) is 0. The Labute approximate surface area is 164 Å². The molecule has 1 heterocycles. The number of amides is 1. The predicted molar refractivity (Wildman–Crippen MR) is 106 cm³/mol. The van der Waals surface area contributed by atoms with Gasteiger partial charge in [0.05, 0.1) is 5.39 Å². The average molecular weight is 385 g/mol. The Morgan fingerprint density at radius 2 is 1.86 bits per heavy atom. The third kappa shape index (κ3) is 3.93. The van der Waals surface area contributed by atoms with Gasteiger partial charge in [0.1, 0.15) is 0 Å². The number of carbonyl (C=O) groups is 2. The van der Waals surface area contributed by atoms with Crippen LogP contribution < -0.4 is 5.56 Å². The summed E-state index contributed by atoms with van der Waals surface area (Å²) in [5, 5.41) is 4.89. The maximum Gasteiger partial charge on any atom is 0.360 e. The van der Waals surface area contributed by atoms with Crippen molar-refractivity contribution in [3.05, 3.63) is 40.3 Å². The van der Waals surface area contributed by atoms with Crippen LogP contribution in [0.3, 0.4) is 0 Å². The molecule has 1 saturated carbocycles. The van der Waals surface area contributed by atoms with Crippen LogP contribution >= 0.6 is 0 Å². The van der Waals surface area contributed by atoms with Gasteiger partial charge in [0.25, 0.3) is 11.5 Å². The first-order chi connectivity index (χ1) is 13.4. The Morgan fingerprint density at radius 3 is 2.50 bits per heavy atom. The van der Waals surface area contributed by atoms with Crippen LogP contribution in [0, 0.1) is 0 Å². The number of ether oxygens (including phenoxy) is 1. The number of nitrogens with zero attached hydrogens (tertiary/aromatic N) is 3. The normalized spacial score (nSPS) is 16.0. The van der Waals surface area contributed by atoms with Gasteiger partial charge in [-0.15, -0.1) is 0 Å². The maximum atomic E-state index is 12.9. The van der Waals surface area contributed by atoms with Crippen molar-refractivity contribution in [3.8, 4) is 0 Å². The van der Waals surface area contributed by atoms with Crippen LogP contribution in [0.1, 0.15) is 56.4 Å². The molecular weight excluding hydrogens is 358 g/mol. The van der Waals surface area contributed by atoms with Crippen molar-refractivity contribution in [1.29, 1.82) is 0 Å². The molecular formula is C21H27N3O4. The third-order valence-electron chi connectivity index (χ3n) is 5.42. The Balaban J connectivity index is 1.80. The van der Waals surface area contributed by atoms with Crippen LogP contribution in [0.25, 0.3) is 10.8 Å². The number of fused-ring (bicyclic) bond motifs is 1. The summed E-state index contributed by atoms with van der Waals surface area (Å²) in [7, 11) is 1.49. The van der Waals surface area contributed by atoms with Crippen LogP contribution in [0.5, 0.6) is 0 Å². The molecule has 28 heavy (non-hydrogen) atoms. The molecule has 1 atom stereocenters. The van der Waals surface area contributed by atoms with Gasteiger partial charge in [-0.2, -0.15) is 5.10 Å². The fourth-order valence-electron chi connectivity index (χ4n) is 3.94. The summed E-state index contributed by atoms with van der Waals surface area (Å²) in [5.41, 5.74) is -0.246. The summed E-state index contributed by atoms with van der Waals surface area (Å²) in [6.45, 7) is 4.13. The molecule has 1 aliphatic rings. The molecule has 0 N–H and O–H groups in total. The van der Waals surface area contributed by atoms with Crippen LogP contribution in [0.2, 0.25) is 0 Å². The smallest absolute Gasteiger partial charge is 0.360 e. The Hall–Kier alpha value is -2.70. The van der Waals surface area contributed by atoms with Crippen molar-refractivity contribution < 1.29 is 14.3 Å². The molecule has 0 saturated heterocycles. The highest BCUT2D eigenvalue weighted by molar-refractivity contribution is 6.02. The third-order valence-corrected chi connectivity index (χ3v) is 5.42. The minimum absolute atomic E-state index is 0.0399. The molecule has 2 aromatic rings. The molecule has 150 valence electrons. The average Bonchev–Trinajstić information content (AvgIpc) is 2.71. The summed E-state index contributed by atoms with van der Waals surface area (Å²) in [6.07, 6.45) is 4.53. The Morgan fingerprint density at radius 1 is 1.21 bits per heavy atom. The summed E-state index contributed by atoms with van der Waals surface area (Å²) >= 11 is 0. The molecule has 1 fully saturated rings. The van der Waals surface area contributed by atoms with Crippen LogP contribution in [0.4, 0.5) is 0 Å². The van der Waals surface area contributed by atoms with Crippen LogP contribution in [0.15, 0.2) is 29.1 Å². The van der Waals surface area contributed by atoms with E-state index in [0.717, 1.165) is 30.4 Å². The molecule has 0 spiro atoms. The van der Waals surface area contributed by atoms with Crippen molar-refractivity contribution in [2.24, 2.45) is 7.05 Å². The van der Waals surface area contributed by atoms with E-state index in [1.807, 2.05) is 11.8 Å². The quantitative estimate of drug-likeness (QED) is 0.739. The second-order valence-electron chi connectivity index (χ2n) is 7.29. The first-order valence-corrected chi connectivity index (χ1v) is 9.91. The first kappa shape index (κ1) is 20.0. The molecule has 1 amide bonds. The summed E-state index contributed by atoms with van der Waals surface area (Å²) in [6, 6.07) is 6.98. The van der Waals surface area contributed by atoms with Gasteiger partial charge >= 0.3 is 5.97 Å². The van der Waals surface area contributed by atoms with E-state index in [4.69, 9.17) is 4.74 Å². The number of aromatic nitrogens is 2. The Bertz CT molecular complexity index is 931. The Kier molecular flexibility index (Phi) is 6.11. The largest absolute Gasteiger partial charge is 0.448 e. The zero-order valence-electron chi connectivity index (χ0n) is 16.7. The highest BCUT2D eigenvalue weighted by Crippen LogP contribution is 2.23. The van der Waals surface area contributed by atoms with E-state index < -0.39 is 12.1 Å². The highest BCUT2D eigenvalue weighted by Gasteiger charge is 2.30. The fourth-order valence-corrected chi connectivity index (χ4v) is 3.94. The lowest BCUT2D eigenvalue weighted by atomic mass is 9.94. The van der Waals surface area contributed by atoms with E-state index >= 15 is 0 Å². The van der Waals surface area contributed by atoms with Gasteiger partial charge in [-0.1, -0.05) is 37.5 Å². The minimum Gasteiger partial charge on any atom is -0.448 e. The zero-order chi connectivity index (χ0) is 20.3. The van der Waals surface area contributed by atoms with Crippen molar-refractivity contribution in [3.63, 3.8) is 0 Å². The molecule has 1 aliphatic carbocycles. The maximum absolute atomic E-state index is 12.9.